The predicted octanol–water partition coefficient (Wildman–Crippen LogP) is 1.28. The molecule has 0 bridgehead atoms. The molecule has 6 rings (SSSR count). The Morgan fingerprint density at radius 3 is 2.55 bits per heavy atom. The van der Waals surface area contributed by atoms with Gasteiger partial charge in [0.05, 0.1) is 17.2 Å². The number of phenols is 1. The van der Waals surface area contributed by atoms with Gasteiger partial charge in [-0.1, -0.05) is 24.3 Å². The maximum absolute atomic E-state index is 13.7. The molecule has 2 aromatic carbocycles. The Balaban J connectivity index is 1.62. The van der Waals surface area contributed by atoms with Crippen LogP contribution in [0.15, 0.2) is 59.1 Å². The normalized spacial score (nSPS) is 28.8. The summed E-state index contributed by atoms with van der Waals surface area (Å²) in [5, 5.41) is 55.3. The van der Waals surface area contributed by atoms with E-state index in [0.717, 1.165) is 0 Å². The fourth-order valence-electron chi connectivity index (χ4n) is 5.87. The molecule has 3 aliphatic carbocycles. The number of aliphatic hydroxyl groups is 4. The summed E-state index contributed by atoms with van der Waals surface area (Å²) in [6.45, 7) is 0.0429. The Morgan fingerprint density at radius 2 is 1.82 bits per heavy atom. The van der Waals surface area contributed by atoms with E-state index in [9.17, 15) is 39.9 Å². The zero-order valence-electron chi connectivity index (χ0n) is 19.5. The van der Waals surface area contributed by atoms with E-state index in [1.54, 1.807) is 30.3 Å². The number of primary amides is 1. The number of nitrogens with two attached hydrogens (primary N) is 1. The second-order valence-electron chi connectivity index (χ2n) is 9.56. The summed E-state index contributed by atoms with van der Waals surface area (Å²) in [6, 6.07) is 9.37. The number of aliphatic hydroxyl groups excluding tert-OH is 3. The predicted molar refractivity (Wildman–Crippen MR) is 129 cm³/mol. The number of allylic oxidation sites excluding steroid dienone is 1. The van der Waals surface area contributed by atoms with Gasteiger partial charge in [0.1, 0.15) is 22.8 Å². The van der Waals surface area contributed by atoms with Gasteiger partial charge in [-0.3, -0.25) is 14.4 Å². The first-order chi connectivity index (χ1) is 18.1. The summed E-state index contributed by atoms with van der Waals surface area (Å²) in [5.74, 6) is -7.74. The second kappa shape index (κ2) is 7.94. The topological polar surface area (TPSA) is 197 Å². The highest BCUT2D eigenvalue weighted by atomic mass is 16.7. The number of carbonyl (C=O) groups excluding carboxylic acids is 3. The van der Waals surface area contributed by atoms with E-state index in [0.29, 0.717) is 22.6 Å². The first kappa shape index (κ1) is 23.8. The summed E-state index contributed by atoms with van der Waals surface area (Å²) < 4.78 is 10.8. The number of rotatable bonds is 2. The van der Waals surface area contributed by atoms with Crippen molar-refractivity contribution >= 4 is 29.1 Å². The van der Waals surface area contributed by atoms with Crippen LogP contribution in [0.4, 0.5) is 0 Å². The number of hydrogen-bond acceptors (Lipinski definition) is 10. The van der Waals surface area contributed by atoms with Crippen LogP contribution < -0.4 is 15.2 Å². The smallest absolute Gasteiger partial charge is 0.255 e. The van der Waals surface area contributed by atoms with Crippen LogP contribution in [0.2, 0.25) is 0 Å². The van der Waals surface area contributed by atoms with Crippen LogP contribution >= 0.6 is 0 Å². The number of ketones is 2. The summed E-state index contributed by atoms with van der Waals surface area (Å²) in [5.41, 5.74) is 1.78. The minimum absolute atomic E-state index is 0.0429. The summed E-state index contributed by atoms with van der Waals surface area (Å²) in [7, 11) is 0. The van der Waals surface area contributed by atoms with Gasteiger partial charge in [-0.25, -0.2) is 0 Å². The Hall–Kier alpha value is -4.61. The third-order valence-electron chi connectivity index (χ3n) is 7.62. The van der Waals surface area contributed by atoms with E-state index in [1.807, 2.05) is 0 Å². The van der Waals surface area contributed by atoms with Gasteiger partial charge in [0.25, 0.3) is 5.91 Å². The van der Waals surface area contributed by atoms with E-state index in [1.165, 1.54) is 12.1 Å². The minimum Gasteiger partial charge on any atom is -0.511 e. The zero-order chi connectivity index (χ0) is 27.1. The van der Waals surface area contributed by atoms with Gasteiger partial charge in [0.15, 0.2) is 22.9 Å². The number of aromatic hydroxyl groups is 1. The third kappa shape index (κ3) is 2.99. The molecule has 1 amide bonds. The number of amides is 1. The van der Waals surface area contributed by atoms with Crippen LogP contribution in [-0.2, 0) is 9.59 Å². The molecule has 1 aliphatic heterocycles. The van der Waals surface area contributed by atoms with Gasteiger partial charge in [-0.15, -0.1) is 0 Å². The molecule has 4 aliphatic rings. The van der Waals surface area contributed by atoms with Crippen molar-refractivity contribution in [3.8, 4) is 17.2 Å². The van der Waals surface area contributed by atoms with Crippen LogP contribution in [0.5, 0.6) is 17.2 Å². The quantitative estimate of drug-likeness (QED) is 0.314. The number of carbonyl (C=O) groups is 3. The molecule has 0 radical (unpaired) electrons. The SMILES string of the molecule is NC(=O)C1=C(O)CC2C(O)C3C(=C(O)C2(O)C1=O)C(=O)c1c(O)cccc1/C3=C\c1ccc2c(c1)OCO2. The average Bonchev–Trinajstić information content (AvgIpc) is 3.34. The molecule has 0 aromatic heterocycles. The molecular formula is C27H21NO10. The zero-order valence-corrected chi connectivity index (χ0v) is 19.5. The monoisotopic (exact) mass is 519 g/mol. The highest BCUT2D eigenvalue weighted by Gasteiger charge is 2.63. The van der Waals surface area contributed by atoms with Crippen molar-refractivity contribution in [3.63, 3.8) is 0 Å². The fourth-order valence-corrected chi connectivity index (χ4v) is 5.87. The molecule has 1 heterocycles. The van der Waals surface area contributed by atoms with Crippen LogP contribution in [0.1, 0.15) is 27.9 Å². The van der Waals surface area contributed by atoms with Gasteiger partial charge in [0.2, 0.25) is 12.6 Å². The number of ether oxygens (including phenoxy) is 2. The summed E-state index contributed by atoms with van der Waals surface area (Å²) >= 11 is 0. The lowest BCUT2D eigenvalue weighted by atomic mass is 9.57. The molecule has 0 saturated heterocycles. The molecule has 11 nitrogen and oxygen atoms in total. The molecule has 7 N–H and O–H groups in total. The Bertz CT molecular complexity index is 1570. The first-order valence-corrected chi connectivity index (χ1v) is 11.6. The maximum atomic E-state index is 13.7. The Labute approximate surface area is 214 Å². The van der Waals surface area contributed by atoms with Crippen molar-refractivity contribution in [3.05, 3.63) is 75.8 Å². The van der Waals surface area contributed by atoms with E-state index < -0.39 is 75.8 Å². The largest absolute Gasteiger partial charge is 0.511 e. The lowest BCUT2D eigenvalue weighted by Crippen LogP contribution is -2.62. The molecule has 0 fully saturated rings. The number of hydrogen-bond donors (Lipinski definition) is 6. The van der Waals surface area contributed by atoms with E-state index >= 15 is 0 Å². The van der Waals surface area contributed by atoms with E-state index in [-0.39, 0.29) is 17.9 Å². The first-order valence-electron chi connectivity index (χ1n) is 11.6. The summed E-state index contributed by atoms with van der Waals surface area (Å²) in [4.78, 5) is 38.7. The minimum atomic E-state index is -2.91. The molecule has 0 saturated carbocycles. The molecule has 11 heteroatoms. The lowest BCUT2D eigenvalue weighted by Gasteiger charge is -2.49. The van der Waals surface area contributed by atoms with Crippen LogP contribution in [0, 0.1) is 11.8 Å². The maximum Gasteiger partial charge on any atom is 0.255 e. The van der Waals surface area contributed by atoms with Crippen molar-refractivity contribution in [1.29, 1.82) is 0 Å². The van der Waals surface area contributed by atoms with Gasteiger partial charge in [0, 0.05) is 18.3 Å². The van der Waals surface area contributed by atoms with Crippen molar-refractivity contribution in [2.45, 2.75) is 18.1 Å². The highest BCUT2D eigenvalue weighted by Crippen LogP contribution is 2.55. The molecule has 4 atom stereocenters. The van der Waals surface area contributed by atoms with E-state index in [2.05, 4.69) is 0 Å². The molecule has 2 aromatic rings. The second-order valence-corrected chi connectivity index (χ2v) is 9.56. The van der Waals surface area contributed by atoms with Gasteiger partial charge in [-0.05, 0) is 34.9 Å². The molecule has 0 spiro atoms. The molecule has 38 heavy (non-hydrogen) atoms. The van der Waals surface area contributed by atoms with Crippen molar-refractivity contribution < 1.29 is 49.4 Å². The van der Waals surface area contributed by atoms with Crippen molar-refractivity contribution in [2.75, 3.05) is 6.79 Å². The number of benzene rings is 2. The molecule has 194 valence electrons. The Morgan fingerprint density at radius 1 is 1.08 bits per heavy atom. The third-order valence-corrected chi connectivity index (χ3v) is 7.62. The van der Waals surface area contributed by atoms with Crippen molar-refractivity contribution in [2.24, 2.45) is 17.6 Å². The standard InChI is InChI=1S/C27H21NO10/c28-26(35)20-15(30)8-13-22(31)19-12(6-10-4-5-16-17(7-10)38-9-37-16)11-2-1-3-14(29)18(11)23(32)21(19)25(34)27(13,36)24(20)33/h1-7,13,19,22,29-31,34,36H,8-9H2,(H2,28,35)/b12-6+. The van der Waals surface area contributed by atoms with Crippen LogP contribution in [0.25, 0.3) is 11.6 Å². The highest BCUT2D eigenvalue weighted by molar-refractivity contribution is 6.25. The lowest BCUT2D eigenvalue weighted by molar-refractivity contribution is -0.152. The van der Waals surface area contributed by atoms with Crippen LogP contribution in [0.3, 0.4) is 0 Å². The fraction of sp³-hybridized carbons (Fsp3) is 0.222. The van der Waals surface area contributed by atoms with Gasteiger partial charge in [-0.2, -0.15) is 0 Å². The molecular weight excluding hydrogens is 498 g/mol. The summed E-state index contributed by atoms with van der Waals surface area (Å²) in [6.07, 6.45) is -0.646. The average molecular weight is 519 g/mol. The number of Topliss-reactive ketones (excluding diaryl/α,β-unsaturated/α-hetero) is 2. The van der Waals surface area contributed by atoms with E-state index in [4.69, 9.17) is 15.2 Å². The number of phenolic OH excluding ortho intramolecular Hbond substituents is 1. The van der Waals surface area contributed by atoms with Crippen molar-refractivity contribution in [1.82, 2.24) is 0 Å². The van der Waals surface area contributed by atoms with Gasteiger partial charge >= 0.3 is 0 Å². The Kier molecular flexibility index (Phi) is 4.97. The van der Waals surface area contributed by atoms with Crippen LogP contribution in [-0.4, -0.2) is 61.5 Å². The number of fused-ring (bicyclic) bond motifs is 4. The molecule has 4 unspecified atom stereocenters. The van der Waals surface area contributed by atoms with Gasteiger partial charge < -0.3 is 40.7 Å².